The summed E-state index contributed by atoms with van der Waals surface area (Å²) in [5.74, 6) is -3.87. The fourth-order valence-electron chi connectivity index (χ4n) is 3.97. The molecule has 17 heteroatoms. The molecule has 224 valence electrons. The van der Waals surface area contributed by atoms with Crippen molar-refractivity contribution in [2.75, 3.05) is 25.2 Å². The Bertz CT molecular complexity index is 1400. The number of halogens is 7. The minimum atomic E-state index is -5.15. The highest BCUT2D eigenvalue weighted by atomic mass is 32.2. The molecule has 0 saturated heterocycles. The van der Waals surface area contributed by atoms with Gasteiger partial charge in [0.1, 0.15) is 23.9 Å². The highest BCUT2D eigenvalue weighted by Crippen LogP contribution is 2.48. The van der Waals surface area contributed by atoms with Crippen LogP contribution in [0.3, 0.4) is 0 Å². The molecule has 2 N–H and O–H groups in total. The van der Waals surface area contributed by atoms with Crippen LogP contribution < -0.4 is 20.1 Å². The zero-order valence-electron chi connectivity index (χ0n) is 21.0. The fourth-order valence-corrected chi connectivity index (χ4v) is 4.54. The summed E-state index contributed by atoms with van der Waals surface area (Å²) in [5, 5.41) is 4.08. The van der Waals surface area contributed by atoms with Gasteiger partial charge in [0.15, 0.2) is 15.4 Å². The largest absolute Gasteiger partial charge is 0.488 e. The lowest BCUT2D eigenvalue weighted by Crippen LogP contribution is -2.59. The Morgan fingerprint density at radius 3 is 2.24 bits per heavy atom. The van der Waals surface area contributed by atoms with E-state index in [0.29, 0.717) is 0 Å². The molecule has 1 aliphatic rings. The summed E-state index contributed by atoms with van der Waals surface area (Å²) < 4.78 is 126. The van der Waals surface area contributed by atoms with E-state index in [0.717, 1.165) is 48.9 Å². The van der Waals surface area contributed by atoms with Crippen LogP contribution >= 0.6 is 0 Å². The first-order valence-corrected chi connectivity index (χ1v) is 13.6. The van der Waals surface area contributed by atoms with E-state index in [1.165, 1.54) is 0 Å². The molecule has 9 nitrogen and oxygen atoms in total. The van der Waals surface area contributed by atoms with E-state index in [4.69, 9.17) is 4.74 Å². The summed E-state index contributed by atoms with van der Waals surface area (Å²) in [7, 11) is -3.77. The first-order valence-electron chi connectivity index (χ1n) is 11.5. The summed E-state index contributed by atoms with van der Waals surface area (Å²) in [6.07, 6.45) is -7.41. The third-order valence-corrected chi connectivity index (χ3v) is 6.53. The third-order valence-electron chi connectivity index (χ3n) is 5.74. The lowest BCUT2D eigenvalue weighted by molar-refractivity contribution is -0.201. The number of sulfone groups is 1. The van der Waals surface area contributed by atoms with Crippen molar-refractivity contribution in [3.63, 3.8) is 0 Å². The molecule has 0 aliphatic carbocycles. The molecule has 2 heterocycles. The average molecular weight is 614 g/mol. The summed E-state index contributed by atoms with van der Waals surface area (Å²) in [6.45, 7) is -4.91. The highest BCUT2D eigenvalue weighted by molar-refractivity contribution is 7.91. The standard InChI is InChI=1S/C24H22F7N3O6S/c1-41(37,38)12-20(35)33-10-17-16(18-7-6-15(9-32-18)40-22(27)28)8-23(24(29,30)31,34-21(17)36)13-2-4-14(5-3-13)39-11-19(25)26/h2-7,9,19,22H,8,10-12H2,1H3,(H,33,35)(H,34,36)/t23-/m0/s1. The van der Waals surface area contributed by atoms with Crippen molar-refractivity contribution in [2.45, 2.75) is 31.2 Å². The number of aromatic nitrogens is 1. The summed E-state index contributed by atoms with van der Waals surface area (Å²) in [5.41, 5.74) is -4.58. The number of alkyl halides is 7. The van der Waals surface area contributed by atoms with Gasteiger partial charge in [0.25, 0.3) is 6.43 Å². The number of benzene rings is 1. The number of carbonyl (C=O) groups is 2. The number of amides is 2. The van der Waals surface area contributed by atoms with Crippen molar-refractivity contribution in [2.24, 2.45) is 0 Å². The molecule has 1 aliphatic heterocycles. The van der Waals surface area contributed by atoms with E-state index < -0.39 is 88.6 Å². The van der Waals surface area contributed by atoms with E-state index in [-0.39, 0.29) is 17.0 Å². The molecule has 41 heavy (non-hydrogen) atoms. The molecular weight excluding hydrogens is 591 g/mol. The van der Waals surface area contributed by atoms with Crippen LogP contribution in [0.1, 0.15) is 17.7 Å². The minimum absolute atomic E-state index is 0.158. The Morgan fingerprint density at radius 2 is 1.73 bits per heavy atom. The van der Waals surface area contributed by atoms with Crippen LogP contribution in [0.4, 0.5) is 30.7 Å². The first kappa shape index (κ1) is 31.6. The Balaban J connectivity index is 2.08. The van der Waals surface area contributed by atoms with Gasteiger partial charge < -0.3 is 20.1 Å². The average Bonchev–Trinajstić information content (AvgIpc) is 2.85. The van der Waals surface area contributed by atoms with Gasteiger partial charge in [-0.05, 0) is 35.4 Å². The van der Waals surface area contributed by atoms with Gasteiger partial charge in [0.05, 0.1) is 11.9 Å². The van der Waals surface area contributed by atoms with Gasteiger partial charge in [0.2, 0.25) is 11.8 Å². The molecule has 2 aromatic rings. The maximum absolute atomic E-state index is 14.7. The number of hydrogen-bond donors (Lipinski definition) is 2. The lowest BCUT2D eigenvalue weighted by Gasteiger charge is -2.41. The van der Waals surface area contributed by atoms with E-state index in [9.17, 15) is 48.7 Å². The van der Waals surface area contributed by atoms with Crippen LogP contribution in [0.2, 0.25) is 0 Å². The second kappa shape index (κ2) is 12.3. The van der Waals surface area contributed by atoms with Crippen molar-refractivity contribution >= 4 is 27.2 Å². The molecule has 1 atom stereocenters. The van der Waals surface area contributed by atoms with Crippen molar-refractivity contribution in [1.29, 1.82) is 0 Å². The van der Waals surface area contributed by atoms with Crippen molar-refractivity contribution < 1.29 is 58.2 Å². The van der Waals surface area contributed by atoms with E-state index in [2.05, 4.69) is 15.0 Å². The molecule has 0 spiro atoms. The number of carbonyl (C=O) groups excluding carboxylic acids is 2. The number of rotatable bonds is 11. The molecule has 0 unspecified atom stereocenters. The Morgan fingerprint density at radius 1 is 1.10 bits per heavy atom. The molecular formula is C24H22F7N3O6S. The minimum Gasteiger partial charge on any atom is -0.488 e. The lowest BCUT2D eigenvalue weighted by atomic mass is 9.77. The second-order valence-electron chi connectivity index (χ2n) is 8.82. The zero-order valence-corrected chi connectivity index (χ0v) is 21.8. The van der Waals surface area contributed by atoms with Crippen molar-refractivity contribution in [1.82, 2.24) is 15.6 Å². The number of nitrogens with zero attached hydrogens (tertiary/aromatic N) is 1. The van der Waals surface area contributed by atoms with Crippen LogP contribution in [0.25, 0.3) is 5.57 Å². The first-order chi connectivity index (χ1) is 19.0. The van der Waals surface area contributed by atoms with Gasteiger partial charge in [-0.2, -0.15) is 22.0 Å². The van der Waals surface area contributed by atoms with Gasteiger partial charge in [0, 0.05) is 24.8 Å². The third kappa shape index (κ3) is 8.08. The monoisotopic (exact) mass is 613 g/mol. The van der Waals surface area contributed by atoms with Crippen LogP contribution in [0.15, 0.2) is 48.2 Å². The fraction of sp³-hybridized carbons (Fsp3) is 0.375. The molecule has 0 fully saturated rings. The van der Waals surface area contributed by atoms with Crippen molar-refractivity contribution in [3.05, 3.63) is 59.4 Å². The van der Waals surface area contributed by atoms with E-state index >= 15 is 0 Å². The van der Waals surface area contributed by atoms with Crippen LogP contribution in [0, 0.1) is 0 Å². The zero-order chi connectivity index (χ0) is 30.6. The van der Waals surface area contributed by atoms with Crippen LogP contribution in [-0.4, -0.2) is 69.6 Å². The molecule has 1 aromatic heterocycles. The SMILES string of the molecule is CS(=O)(=O)CC(=O)NCC1=C(c2ccc(OC(F)F)cn2)C[C@](c2ccc(OCC(F)F)cc2)(C(F)(F)F)NC1=O. The predicted molar refractivity (Wildman–Crippen MR) is 129 cm³/mol. The number of hydrogen-bond acceptors (Lipinski definition) is 7. The van der Waals surface area contributed by atoms with Gasteiger partial charge in [-0.25, -0.2) is 17.2 Å². The van der Waals surface area contributed by atoms with E-state index in [1.807, 2.05) is 5.32 Å². The van der Waals surface area contributed by atoms with Crippen LogP contribution in [-0.2, 0) is 25.0 Å². The highest BCUT2D eigenvalue weighted by Gasteiger charge is 2.59. The molecule has 0 bridgehead atoms. The van der Waals surface area contributed by atoms with Gasteiger partial charge >= 0.3 is 12.8 Å². The normalized spacial score (nSPS) is 18.0. The maximum Gasteiger partial charge on any atom is 0.416 e. The molecule has 0 saturated carbocycles. The molecule has 0 radical (unpaired) electrons. The molecule has 2 amide bonds. The van der Waals surface area contributed by atoms with E-state index in [1.54, 1.807) is 0 Å². The Hall–Kier alpha value is -3.89. The van der Waals surface area contributed by atoms with Gasteiger partial charge in [-0.15, -0.1) is 0 Å². The predicted octanol–water partition coefficient (Wildman–Crippen LogP) is 3.22. The topological polar surface area (TPSA) is 124 Å². The second-order valence-corrected chi connectivity index (χ2v) is 11.0. The van der Waals surface area contributed by atoms with Crippen molar-refractivity contribution in [3.8, 4) is 11.5 Å². The van der Waals surface area contributed by atoms with Crippen LogP contribution in [0.5, 0.6) is 11.5 Å². The Kier molecular flexibility index (Phi) is 9.51. The van der Waals surface area contributed by atoms with Gasteiger partial charge in [-0.1, -0.05) is 12.1 Å². The Labute approximate surface area is 228 Å². The molecule has 1 aromatic carbocycles. The number of pyridine rings is 1. The quantitative estimate of drug-likeness (QED) is 0.373. The number of ether oxygens (including phenoxy) is 2. The van der Waals surface area contributed by atoms with Gasteiger partial charge in [-0.3, -0.25) is 14.6 Å². The summed E-state index contributed by atoms with van der Waals surface area (Å²) in [4.78, 5) is 29.1. The molecule has 3 rings (SSSR count). The smallest absolute Gasteiger partial charge is 0.416 e. The summed E-state index contributed by atoms with van der Waals surface area (Å²) in [6, 6.07) is 5.90. The summed E-state index contributed by atoms with van der Waals surface area (Å²) >= 11 is 0. The maximum atomic E-state index is 14.7. The number of nitrogens with one attached hydrogen (secondary N) is 2.